The summed E-state index contributed by atoms with van der Waals surface area (Å²) in [5, 5.41) is 13.1. The van der Waals surface area contributed by atoms with Gasteiger partial charge in [0.15, 0.2) is 0 Å². The highest BCUT2D eigenvalue weighted by Crippen LogP contribution is 2.26. The molecule has 0 atom stereocenters. The van der Waals surface area contributed by atoms with Gasteiger partial charge >= 0.3 is 0 Å². The molecule has 80 valence electrons. The van der Waals surface area contributed by atoms with Crippen LogP contribution in [0.2, 0.25) is 0 Å². The lowest BCUT2D eigenvalue weighted by Gasteiger charge is -2.04. The van der Waals surface area contributed by atoms with Gasteiger partial charge in [0.1, 0.15) is 0 Å². The Morgan fingerprint density at radius 2 is 2.20 bits per heavy atom. The van der Waals surface area contributed by atoms with Crippen LogP contribution < -0.4 is 5.32 Å². The van der Waals surface area contributed by atoms with Crippen LogP contribution in [-0.2, 0) is 4.79 Å². The molecule has 15 heavy (non-hydrogen) atoms. The van der Waals surface area contributed by atoms with E-state index >= 15 is 0 Å². The molecule has 1 aromatic rings. The van der Waals surface area contributed by atoms with Crippen molar-refractivity contribution in [1.29, 1.82) is 0 Å². The number of non-ortho nitro benzene ring substituents is 1. The maximum atomic E-state index is 11.1. The molecule has 0 aliphatic carbocycles. The molecule has 0 unspecified atom stereocenters. The van der Waals surface area contributed by atoms with Crippen LogP contribution in [0.3, 0.4) is 0 Å². The highest BCUT2D eigenvalue weighted by Gasteiger charge is 2.10. The lowest BCUT2D eigenvalue weighted by atomic mass is 10.3. The lowest BCUT2D eigenvalue weighted by Crippen LogP contribution is -2.12. The number of hydrogen-bond acceptors (Lipinski definition) is 3. The normalized spacial score (nSPS) is 9.73. The first-order chi connectivity index (χ1) is 7.04. The zero-order valence-electron chi connectivity index (χ0n) is 7.37. The molecule has 0 radical (unpaired) electrons. The van der Waals surface area contributed by atoms with Crippen LogP contribution in [-0.4, -0.2) is 16.2 Å². The second-order valence-corrected chi connectivity index (χ2v) is 4.02. The van der Waals surface area contributed by atoms with Gasteiger partial charge in [-0.15, -0.1) is 0 Å². The Hall–Kier alpha value is -0.950. The third-order valence-corrected chi connectivity index (χ3v) is 2.76. The molecular formula is C8H6Br2N2O3. The number of hydrogen-bond donors (Lipinski definition) is 1. The van der Waals surface area contributed by atoms with Crippen molar-refractivity contribution in [2.24, 2.45) is 0 Å². The van der Waals surface area contributed by atoms with E-state index in [4.69, 9.17) is 0 Å². The molecule has 5 nitrogen and oxygen atoms in total. The van der Waals surface area contributed by atoms with Crippen LogP contribution in [0.15, 0.2) is 22.7 Å². The van der Waals surface area contributed by atoms with Crippen molar-refractivity contribution in [3.05, 3.63) is 32.8 Å². The molecule has 0 bridgehead atoms. The van der Waals surface area contributed by atoms with E-state index in [-0.39, 0.29) is 16.9 Å². The highest BCUT2D eigenvalue weighted by molar-refractivity contribution is 9.10. The molecule has 0 aromatic heterocycles. The van der Waals surface area contributed by atoms with Crippen LogP contribution in [0.4, 0.5) is 11.4 Å². The molecule has 1 amide bonds. The van der Waals surface area contributed by atoms with Gasteiger partial charge in [-0.1, -0.05) is 15.9 Å². The number of rotatable bonds is 3. The van der Waals surface area contributed by atoms with E-state index in [9.17, 15) is 14.9 Å². The van der Waals surface area contributed by atoms with Gasteiger partial charge in [0, 0.05) is 16.6 Å². The molecule has 1 N–H and O–H groups in total. The van der Waals surface area contributed by atoms with Gasteiger partial charge in [0.05, 0.1) is 15.9 Å². The van der Waals surface area contributed by atoms with Crippen molar-refractivity contribution in [3.8, 4) is 0 Å². The number of nitro benzene ring substituents is 1. The molecule has 0 saturated carbocycles. The molecule has 0 spiro atoms. The third-order valence-electron chi connectivity index (χ3n) is 1.56. The number of nitrogens with one attached hydrogen (secondary N) is 1. The van der Waals surface area contributed by atoms with Crippen molar-refractivity contribution in [2.75, 3.05) is 10.6 Å². The molecule has 0 aliphatic rings. The fourth-order valence-electron chi connectivity index (χ4n) is 0.906. The number of halogens is 2. The molecule has 7 heteroatoms. The zero-order chi connectivity index (χ0) is 11.4. The van der Waals surface area contributed by atoms with Gasteiger partial charge in [0.25, 0.3) is 5.69 Å². The summed E-state index contributed by atoms with van der Waals surface area (Å²) in [5.41, 5.74) is 0.316. The molecule has 0 fully saturated rings. The molecule has 1 rings (SSSR count). The van der Waals surface area contributed by atoms with Crippen molar-refractivity contribution in [2.45, 2.75) is 0 Å². The average Bonchev–Trinajstić information content (AvgIpc) is 2.20. The van der Waals surface area contributed by atoms with Crippen LogP contribution >= 0.6 is 31.9 Å². The number of alkyl halides is 1. The van der Waals surface area contributed by atoms with Crippen LogP contribution in [0.5, 0.6) is 0 Å². The smallest absolute Gasteiger partial charge is 0.271 e. The van der Waals surface area contributed by atoms with Gasteiger partial charge in [-0.05, 0) is 22.0 Å². The Bertz CT molecular complexity index is 409. The number of carbonyl (C=O) groups excluding carboxylic acids is 1. The van der Waals surface area contributed by atoms with E-state index < -0.39 is 4.92 Å². The van der Waals surface area contributed by atoms with E-state index in [1.807, 2.05) is 0 Å². The van der Waals surface area contributed by atoms with E-state index in [2.05, 4.69) is 37.2 Å². The minimum atomic E-state index is -0.518. The van der Waals surface area contributed by atoms with E-state index in [0.717, 1.165) is 0 Å². The van der Waals surface area contributed by atoms with E-state index in [1.54, 1.807) is 0 Å². The number of carbonyl (C=O) groups is 1. The summed E-state index contributed by atoms with van der Waals surface area (Å²) in [6, 6.07) is 4.17. The number of amides is 1. The Morgan fingerprint density at radius 1 is 1.53 bits per heavy atom. The van der Waals surface area contributed by atoms with E-state index in [0.29, 0.717) is 10.2 Å². The summed E-state index contributed by atoms with van der Waals surface area (Å²) in [4.78, 5) is 21.0. The number of benzene rings is 1. The molecule has 0 saturated heterocycles. The lowest BCUT2D eigenvalue weighted by molar-refractivity contribution is -0.384. The fraction of sp³-hybridized carbons (Fsp3) is 0.125. The summed E-state index contributed by atoms with van der Waals surface area (Å²) in [7, 11) is 0. The van der Waals surface area contributed by atoms with Crippen LogP contribution in [0.25, 0.3) is 0 Å². The predicted octanol–water partition coefficient (Wildman–Crippen LogP) is 2.69. The van der Waals surface area contributed by atoms with Crippen molar-refractivity contribution in [1.82, 2.24) is 0 Å². The quantitative estimate of drug-likeness (QED) is 0.523. The average molecular weight is 338 g/mol. The zero-order valence-corrected chi connectivity index (χ0v) is 10.5. The number of nitro groups is 1. The number of nitrogens with zero attached hydrogens (tertiary/aromatic N) is 1. The third kappa shape index (κ3) is 3.28. The SMILES string of the molecule is O=C(CBr)Nc1cc([N+](=O)[O-])ccc1Br. The van der Waals surface area contributed by atoms with E-state index in [1.165, 1.54) is 18.2 Å². The molecular weight excluding hydrogens is 332 g/mol. The number of anilines is 1. The second-order valence-electron chi connectivity index (χ2n) is 2.60. The summed E-state index contributed by atoms with van der Waals surface area (Å²) in [6.45, 7) is 0. The Kier molecular flexibility index (Phi) is 4.22. The summed E-state index contributed by atoms with van der Waals surface area (Å²) in [5.74, 6) is -0.267. The molecule has 0 aliphatic heterocycles. The summed E-state index contributed by atoms with van der Waals surface area (Å²) >= 11 is 6.17. The van der Waals surface area contributed by atoms with Gasteiger partial charge in [0.2, 0.25) is 5.91 Å². The monoisotopic (exact) mass is 336 g/mol. The van der Waals surface area contributed by atoms with Gasteiger partial charge in [-0.3, -0.25) is 14.9 Å². The minimum Gasteiger partial charge on any atom is -0.324 e. The first kappa shape index (κ1) is 12.1. The first-order valence-electron chi connectivity index (χ1n) is 3.84. The topological polar surface area (TPSA) is 72.2 Å². The Morgan fingerprint density at radius 3 is 2.73 bits per heavy atom. The second kappa shape index (κ2) is 5.22. The molecule has 1 aromatic carbocycles. The van der Waals surface area contributed by atoms with Crippen LogP contribution in [0.1, 0.15) is 0 Å². The standard InChI is InChI=1S/C8H6Br2N2O3/c9-4-8(13)11-7-3-5(12(14)15)1-2-6(7)10/h1-3H,4H2,(H,11,13). The maximum Gasteiger partial charge on any atom is 0.271 e. The summed E-state index contributed by atoms with van der Waals surface area (Å²) < 4.78 is 0.599. The minimum absolute atomic E-state index is 0.0666. The van der Waals surface area contributed by atoms with Gasteiger partial charge < -0.3 is 5.32 Å². The largest absolute Gasteiger partial charge is 0.324 e. The van der Waals surface area contributed by atoms with Gasteiger partial charge in [-0.2, -0.15) is 0 Å². The Balaban J connectivity index is 3.00. The highest BCUT2D eigenvalue weighted by atomic mass is 79.9. The van der Waals surface area contributed by atoms with Crippen molar-refractivity contribution < 1.29 is 9.72 Å². The van der Waals surface area contributed by atoms with Crippen molar-refractivity contribution in [3.63, 3.8) is 0 Å². The Labute approximate surface area is 102 Å². The summed E-state index contributed by atoms with van der Waals surface area (Å²) in [6.07, 6.45) is 0. The first-order valence-corrected chi connectivity index (χ1v) is 5.76. The van der Waals surface area contributed by atoms with Crippen molar-refractivity contribution >= 4 is 49.1 Å². The fourth-order valence-corrected chi connectivity index (χ4v) is 1.39. The predicted molar refractivity (Wildman–Crippen MR) is 63.2 cm³/mol. The van der Waals surface area contributed by atoms with Crippen LogP contribution in [0, 0.1) is 10.1 Å². The molecule has 0 heterocycles. The van der Waals surface area contributed by atoms with Gasteiger partial charge in [-0.25, -0.2) is 0 Å². The maximum absolute atomic E-state index is 11.1.